The number of furan rings is 1. The molecule has 1 amide bonds. The average Bonchev–Trinajstić information content (AvgIpc) is 3.26. The molecule has 4 rings (SSSR count). The summed E-state index contributed by atoms with van der Waals surface area (Å²) in [6.45, 7) is 8.31. The van der Waals surface area contributed by atoms with E-state index in [1.807, 2.05) is 51.1 Å². The van der Waals surface area contributed by atoms with Gasteiger partial charge in [0.2, 0.25) is 5.91 Å². The number of nitrogens with zero attached hydrogens (tertiary/aromatic N) is 3. The molecule has 2 aromatic heterocycles. The first kappa shape index (κ1) is 22.3. The van der Waals surface area contributed by atoms with Crippen LogP contribution >= 0.6 is 0 Å². The van der Waals surface area contributed by atoms with Crippen LogP contribution in [0.15, 0.2) is 34.7 Å². The average molecular weight is 437 g/mol. The minimum atomic E-state index is -0.435. The number of nitrogens with one attached hydrogen (secondary N) is 1. The molecule has 1 aromatic carbocycles. The van der Waals surface area contributed by atoms with Gasteiger partial charge in [-0.25, -0.2) is 4.98 Å². The lowest BCUT2D eigenvalue weighted by atomic mass is 9.77. The molecular weight excluding hydrogens is 404 g/mol. The number of hydrogen-bond acceptors (Lipinski definition) is 5. The lowest BCUT2D eigenvalue weighted by Gasteiger charge is -2.28. The van der Waals surface area contributed by atoms with E-state index >= 15 is 0 Å². The maximum Gasteiger partial charge on any atom is 0.223 e. The van der Waals surface area contributed by atoms with Gasteiger partial charge in [0.05, 0.1) is 11.6 Å². The summed E-state index contributed by atoms with van der Waals surface area (Å²) in [4.78, 5) is 33.1. The molecule has 0 saturated carbocycles. The van der Waals surface area contributed by atoms with Crippen LogP contribution in [0.2, 0.25) is 0 Å². The summed E-state index contributed by atoms with van der Waals surface area (Å²) in [5, 5.41) is 3.72. The van der Waals surface area contributed by atoms with Gasteiger partial charge in [0.1, 0.15) is 11.3 Å². The molecule has 1 aliphatic heterocycles. The van der Waals surface area contributed by atoms with Gasteiger partial charge in [-0.2, -0.15) is 0 Å². The third-order valence-electron chi connectivity index (χ3n) is 6.32. The number of fused-ring (bicyclic) bond motifs is 2. The van der Waals surface area contributed by atoms with Crippen LogP contribution in [0.5, 0.6) is 0 Å². The first-order chi connectivity index (χ1) is 15.2. The fraction of sp³-hybridized carbons (Fsp3) is 0.480. The van der Waals surface area contributed by atoms with E-state index in [1.165, 1.54) is 0 Å². The zero-order valence-corrected chi connectivity index (χ0v) is 19.6. The zero-order valence-electron chi connectivity index (χ0n) is 19.6. The van der Waals surface area contributed by atoms with Crippen LogP contribution in [0.1, 0.15) is 49.8 Å². The van der Waals surface area contributed by atoms with Crippen LogP contribution in [0.25, 0.3) is 22.6 Å². The Morgan fingerprint density at radius 2 is 1.97 bits per heavy atom. The first-order valence-electron chi connectivity index (χ1n) is 11.2. The Morgan fingerprint density at radius 3 is 2.66 bits per heavy atom. The Bertz CT molecular complexity index is 1120. The molecular formula is C25H32N4O3. The summed E-state index contributed by atoms with van der Waals surface area (Å²) < 4.78 is 8.22. The van der Waals surface area contributed by atoms with Crippen molar-refractivity contribution in [3.63, 3.8) is 0 Å². The van der Waals surface area contributed by atoms with Gasteiger partial charge in [0, 0.05) is 31.9 Å². The van der Waals surface area contributed by atoms with Crippen LogP contribution in [0.3, 0.4) is 0 Å². The van der Waals surface area contributed by atoms with Gasteiger partial charge in [-0.1, -0.05) is 39.0 Å². The van der Waals surface area contributed by atoms with Gasteiger partial charge in [0.15, 0.2) is 17.4 Å². The molecule has 0 radical (unpaired) electrons. The standard InChI is InChI=1S/C25H32N4O3/c1-25(2,3)17(24(31)26-4)14-19(30)22-18-15-28(5)11-8-12-29(18)23(27-22)21-13-16-9-6-7-10-20(16)32-21/h6-7,9-10,13,17H,8,11-12,14-15H2,1-5H3,(H,26,31)/t17-/m1/s1. The summed E-state index contributed by atoms with van der Waals surface area (Å²) in [7, 11) is 3.67. The first-order valence-corrected chi connectivity index (χ1v) is 11.2. The Hall–Kier alpha value is -2.93. The predicted octanol–water partition coefficient (Wildman–Crippen LogP) is 4.11. The SMILES string of the molecule is CNC(=O)[C@@H](CC(=O)c1nc(-c2cc3ccccc3o2)n2c1CN(C)CCC2)C(C)(C)C. The summed E-state index contributed by atoms with van der Waals surface area (Å²) in [5.41, 5.74) is 1.80. The smallest absolute Gasteiger partial charge is 0.223 e. The van der Waals surface area contributed by atoms with Crippen LogP contribution < -0.4 is 5.32 Å². The molecule has 1 N–H and O–H groups in total. The van der Waals surface area contributed by atoms with Crippen molar-refractivity contribution in [2.75, 3.05) is 20.6 Å². The summed E-state index contributed by atoms with van der Waals surface area (Å²) >= 11 is 0. The molecule has 32 heavy (non-hydrogen) atoms. The Kier molecular flexibility index (Phi) is 5.95. The summed E-state index contributed by atoms with van der Waals surface area (Å²) in [6.07, 6.45) is 1.08. The number of hydrogen-bond donors (Lipinski definition) is 1. The van der Waals surface area contributed by atoms with E-state index in [1.54, 1.807) is 7.05 Å². The summed E-state index contributed by atoms with van der Waals surface area (Å²) in [6, 6.07) is 9.84. The van der Waals surface area contributed by atoms with E-state index < -0.39 is 5.92 Å². The predicted molar refractivity (Wildman–Crippen MR) is 124 cm³/mol. The van der Waals surface area contributed by atoms with Gasteiger partial charge in [0.25, 0.3) is 0 Å². The molecule has 0 spiro atoms. The molecule has 0 fully saturated rings. The number of carbonyl (C=O) groups excluding carboxylic acids is 2. The van der Waals surface area contributed by atoms with Crippen molar-refractivity contribution in [3.8, 4) is 11.6 Å². The van der Waals surface area contributed by atoms with E-state index in [0.717, 1.165) is 36.2 Å². The zero-order chi connectivity index (χ0) is 23.0. The molecule has 0 bridgehead atoms. The molecule has 0 aliphatic carbocycles. The highest BCUT2D eigenvalue weighted by atomic mass is 16.3. The van der Waals surface area contributed by atoms with E-state index in [4.69, 9.17) is 9.40 Å². The third-order valence-corrected chi connectivity index (χ3v) is 6.32. The number of amides is 1. The number of rotatable bonds is 5. The largest absolute Gasteiger partial charge is 0.453 e. The normalized spacial score (nSPS) is 15.9. The summed E-state index contributed by atoms with van der Waals surface area (Å²) in [5.74, 6) is 0.688. The fourth-order valence-corrected chi connectivity index (χ4v) is 4.47. The highest BCUT2D eigenvalue weighted by molar-refractivity contribution is 5.99. The van der Waals surface area contributed by atoms with E-state index in [9.17, 15) is 9.59 Å². The topological polar surface area (TPSA) is 80.4 Å². The van der Waals surface area contributed by atoms with Gasteiger partial charge in [-0.15, -0.1) is 0 Å². The molecule has 1 atom stereocenters. The maximum absolute atomic E-state index is 13.5. The van der Waals surface area contributed by atoms with Crippen molar-refractivity contribution in [2.45, 2.75) is 46.7 Å². The molecule has 7 nitrogen and oxygen atoms in total. The molecule has 1 aliphatic rings. The number of carbonyl (C=O) groups is 2. The van der Waals surface area contributed by atoms with Crippen LogP contribution in [0.4, 0.5) is 0 Å². The van der Waals surface area contributed by atoms with Crippen LogP contribution in [-0.2, 0) is 17.9 Å². The monoisotopic (exact) mass is 436 g/mol. The lowest BCUT2D eigenvalue weighted by molar-refractivity contribution is -0.127. The Morgan fingerprint density at radius 1 is 1.22 bits per heavy atom. The van der Waals surface area contributed by atoms with Crippen molar-refractivity contribution in [2.24, 2.45) is 11.3 Å². The van der Waals surface area contributed by atoms with Crippen molar-refractivity contribution >= 4 is 22.7 Å². The van der Waals surface area contributed by atoms with Gasteiger partial charge in [-0.05, 0) is 37.6 Å². The Balaban J connectivity index is 1.78. The minimum absolute atomic E-state index is 0.102. The number of para-hydroxylation sites is 1. The second-order valence-electron chi connectivity index (χ2n) is 9.78. The third kappa shape index (κ3) is 4.21. The molecule has 0 saturated heterocycles. The highest BCUT2D eigenvalue weighted by Gasteiger charge is 2.35. The maximum atomic E-state index is 13.5. The van der Waals surface area contributed by atoms with Crippen molar-refractivity contribution in [1.82, 2.24) is 19.8 Å². The second kappa shape index (κ2) is 8.54. The lowest BCUT2D eigenvalue weighted by Crippen LogP contribution is -2.37. The van der Waals surface area contributed by atoms with Crippen molar-refractivity contribution < 1.29 is 14.0 Å². The van der Waals surface area contributed by atoms with Gasteiger partial charge < -0.3 is 19.2 Å². The van der Waals surface area contributed by atoms with Crippen LogP contribution in [0, 0.1) is 11.3 Å². The fourth-order valence-electron chi connectivity index (χ4n) is 4.47. The number of imidazole rings is 1. The van der Waals surface area contributed by atoms with Gasteiger partial charge >= 0.3 is 0 Å². The molecule has 0 unspecified atom stereocenters. The number of aromatic nitrogens is 2. The molecule has 170 valence electrons. The minimum Gasteiger partial charge on any atom is -0.453 e. The molecule has 7 heteroatoms. The number of benzene rings is 1. The quantitative estimate of drug-likeness (QED) is 0.609. The number of Topliss-reactive ketones (excluding diaryl/α,β-unsaturated/α-hetero) is 1. The van der Waals surface area contributed by atoms with Crippen molar-refractivity contribution in [3.05, 3.63) is 41.7 Å². The van der Waals surface area contributed by atoms with Crippen LogP contribution in [-0.4, -0.2) is 46.8 Å². The number of ketones is 1. The highest BCUT2D eigenvalue weighted by Crippen LogP contribution is 2.34. The molecule has 3 heterocycles. The Labute approximate surface area is 188 Å². The molecule has 3 aromatic rings. The van der Waals surface area contributed by atoms with Gasteiger partial charge in [-0.3, -0.25) is 9.59 Å². The van der Waals surface area contributed by atoms with E-state index in [2.05, 4.69) is 21.8 Å². The van der Waals surface area contributed by atoms with E-state index in [0.29, 0.717) is 23.8 Å². The van der Waals surface area contributed by atoms with Crippen molar-refractivity contribution in [1.29, 1.82) is 0 Å². The van der Waals surface area contributed by atoms with E-state index in [-0.39, 0.29) is 23.5 Å². The second-order valence-corrected chi connectivity index (χ2v) is 9.78.